The van der Waals surface area contributed by atoms with E-state index in [0.29, 0.717) is 30.5 Å². The highest BCUT2D eigenvalue weighted by atomic mass is 32.2. The van der Waals surface area contributed by atoms with E-state index in [-0.39, 0.29) is 11.9 Å². The molecule has 7 heteroatoms. The van der Waals surface area contributed by atoms with Crippen molar-refractivity contribution < 1.29 is 9.59 Å². The second-order valence-electron chi connectivity index (χ2n) is 8.62. The number of hydrogen-bond acceptors (Lipinski definition) is 4. The summed E-state index contributed by atoms with van der Waals surface area (Å²) in [6, 6.07) is 18.0. The van der Waals surface area contributed by atoms with E-state index in [4.69, 9.17) is 0 Å². The third-order valence-electron chi connectivity index (χ3n) is 5.96. The van der Waals surface area contributed by atoms with Crippen LogP contribution in [0.5, 0.6) is 0 Å². The minimum Gasteiger partial charge on any atom is -0.349 e. The third kappa shape index (κ3) is 4.73. The Bertz CT molecular complexity index is 1190. The van der Waals surface area contributed by atoms with Crippen LogP contribution in [0.1, 0.15) is 34.3 Å². The van der Waals surface area contributed by atoms with E-state index in [1.807, 2.05) is 68.4 Å². The third-order valence-corrected chi connectivity index (χ3v) is 7.00. The van der Waals surface area contributed by atoms with Crippen LogP contribution >= 0.6 is 11.9 Å². The minimum atomic E-state index is -0.0595. The van der Waals surface area contributed by atoms with Gasteiger partial charge in [0, 0.05) is 34.8 Å². The summed E-state index contributed by atoms with van der Waals surface area (Å²) >= 11 is 1.46. The van der Waals surface area contributed by atoms with Crippen LogP contribution in [0.4, 0.5) is 10.6 Å². The number of rotatable bonds is 6. The summed E-state index contributed by atoms with van der Waals surface area (Å²) in [6.07, 6.45) is 3.90. The van der Waals surface area contributed by atoms with Gasteiger partial charge < -0.3 is 5.32 Å². The second-order valence-corrected chi connectivity index (χ2v) is 9.72. The topological polar surface area (TPSA) is 65.5 Å². The molecule has 2 aromatic carbocycles. The van der Waals surface area contributed by atoms with Gasteiger partial charge >= 0.3 is 6.03 Å². The van der Waals surface area contributed by atoms with Gasteiger partial charge in [0.2, 0.25) is 0 Å². The first-order valence-electron chi connectivity index (χ1n) is 11.2. The van der Waals surface area contributed by atoms with Gasteiger partial charge in [-0.2, -0.15) is 0 Å². The summed E-state index contributed by atoms with van der Waals surface area (Å²) in [5.74, 6) is 0.605. The van der Waals surface area contributed by atoms with Crippen LogP contribution in [-0.2, 0) is 0 Å². The predicted octanol–water partition coefficient (Wildman–Crippen LogP) is 5.21. The standard InChI is InChI=1S/C26H26N4O2S/c1-17-3-10-22(11-4-17)33-30-14-13-29(26(30)32)24-12-7-20(16-27-24)23-15-19(6-5-18(23)2)25(31)28-21-8-9-21/h3-7,10-12,15-16,21H,8-9,13-14H2,1-2H3,(H,28,31). The summed E-state index contributed by atoms with van der Waals surface area (Å²) in [6.45, 7) is 5.31. The van der Waals surface area contributed by atoms with Crippen LogP contribution in [0.3, 0.4) is 0 Å². The molecule has 0 unspecified atom stereocenters. The fourth-order valence-corrected chi connectivity index (χ4v) is 4.68. The van der Waals surface area contributed by atoms with E-state index >= 15 is 0 Å². The Morgan fingerprint density at radius 1 is 1.03 bits per heavy atom. The molecule has 0 spiro atoms. The molecular weight excluding hydrogens is 432 g/mol. The number of pyridine rings is 1. The zero-order valence-electron chi connectivity index (χ0n) is 18.7. The summed E-state index contributed by atoms with van der Waals surface area (Å²) in [4.78, 5) is 32.7. The van der Waals surface area contributed by atoms with Crippen molar-refractivity contribution in [2.75, 3.05) is 18.0 Å². The normalized spacial score (nSPS) is 15.8. The van der Waals surface area contributed by atoms with E-state index in [9.17, 15) is 9.59 Å². The number of carbonyl (C=O) groups excluding carboxylic acids is 2. The fraction of sp³-hybridized carbons (Fsp3) is 0.269. The highest BCUT2D eigenvalue weighted by Gasteiger charge is 2.31. The van der Waals surface area contributed by atoms with Crippen molar-refractivity contribution in [2.24, 2.45) is 0 Å². The molecule has 33 heavy (non-hydrogen) atoms. The summed E-state index contributed by atoms with van der Waals surface area (Å²) < 4.78 is 1.77. The van der Waals surface area contributed by atoms with Crippen LogP contribution in [0.15, 0.2) is 65.7 Å². The number of nitrogens with zero attached hydrogens (tertiary/aromatic N) is 3. The molecule has 168 valence electrons. The second kappa shape index (κ2) is 8.90. The Hall–Kier alpha value is -3.32. The van der Waals surface area contributed by atoms with Gasteiger partial charge in [0.15, 0.2) is 0 Å². The zero-order chi connectivity index (χ0) is 22.9. The molecule has 1 N–H and O–H groups in total. The monoisotopic (exact) mass is 458 g/mol. The van der Waals surface area contributed by atoms with E-state index in [1.54, 1.807) is 15.4 Å². The molecule has 1 aromatic heterocycles. The van der Waals surface area contributed by atoms with Crippen molar-refractivity contribution in [1.29, 1.82) is 0 Å². The fourth-order valence-electron chi connectivity index (χ4n) is 3.82. The number of nitrogens with one attached hydrogen (secondary N) is 1. The average molecular weight is 459 g/mol. The van der Waals surface area contributed by atoms with Crippen LogP contribution < -0.4 is 10.2 Å². The van der Waals surface area contributed by atoms with Gasteiger partial charge in [-0.1, -0.05) is 23.8 Å². The van der Waals surface area contributed by atoms with Gasteiger partial charge in [0.05, 0.1) is 6.54 Å². The Morgan fingerprint density at radius 2 is 1.82 bits per heavy atom. The number of amides is 3. The van der Waals surface area contributed by atoms with E-state index in [1.165, 1.54) is 17.5 Å². The van der Waals surface area contributed by atoms with Crippen LogP contribution in [-0.4, -0.2) is 40.4 Å². The summed E-state index contributed by atoms with van der Waals surface area (Å²) in [7, 11) is 0. The maximum Gasteiger partial charge on any atom is 0.336 e. The zero-order valence-corrected chi connectivity index (χ0v) is 19.6. The van der Waals surface area contributed by atoms with Gasteiger partial charge in [-0.25, -0.2) is 9.78 Å². The quantitative estimate of drug-likeness (QED) is 0.515. The van der Waals surface area contributed by atoms with Crippen LogP contribution in [0.25, 0.3) is 11.1 Å². The lowest BCUT2D eigenvalue weighted by atomic mass is 9.99. The predicted molar refractivity (Wildman–Crippen MR) is 131 cm³/mol. The van der Waals surface area contributed by atoms with Crippen molar-refractivity contribution >= 4 is 29.7 Å². The first-order valence-corrected chi connectivity index (χ1v) is 12.0. The Kier molecular flexibility index (Phi) is 5.81. The minimum absolute atomic E-state index is 0.0304. The highest BCUT2D eigenvalue weighted by molar-refractivity contribution is 7.97. The molecule has 6 nitrogen and oxygen atoms in total. The van der Waals surface area contributed by atoms with E-state index in [0.717, 1.165) is 34.4 Å². The van der Waals surface area contributed by atoms with Gasteiger partial charge in [-0.3, -0.25) is 14.0 Å². The molecule has 1 aliphatic heterocycles. The smallest absolute Gasteiger partial charge is 0.336 e. The van der Waals surface area contributed by atoms with E-state index in [2.05, 4.69) is 10.3 Å². The lowest BCUT2D eigenvalue weighted by molar-refractivity contribution is 0.0951. The molecule has 3 amide bonds. The number of carbonyl (C=O) groups is 2. The van der Waals surface area contributed by atoms with Gasteiger partial charge in [0.1, 0.15) is 5.82 Å². The Morgan fingerprint density at radius 3 is 2.52 bits per heavy atom. The largest absolute Gasteiger partial charge is 0.349 e. The molecule has 5 rings (SSSR count). The van der Waals surface area contributed by atoms with Crippen molar-refractivity contribution in [3.63, 3.8) is 0 Å². The number of anilines is 1. The number of hydrogen-bond donors (Lipinski definition) is 1. The Labute approximate surface area is 198 Å². The average Bonchev–Trinajstić information content (AvgIpc) is 3.57. The van der Waals surface area contributed by atoms with Crippen molar-refractivity contribution in [2.45, 2.75) is 37.6 Å². The van der Waals surface area contributed by atoms with Crippen LogP contribution in [0, 0.1) is 13.8 Å². The first-order chi connectivity index (χ1) is 16.0. The molecule has 2 heterocycles. The molecule has 0 bridgehead atoms. The molecule has 2 fully saturated rings. The number of aryl methyl sites for hydroxylation is 2. The molecule has 1 aliphatic carbocycles. The molecule has 0 atom stereocenters. The van der Waals surface area contributed by atoms with E-state index < -0.39 is 0 Å². The van der Waals surface area contributed by atoms with Gasteiger partial charge in [-0.15, -0.1) is 0 Å². The van der Waals surface area contributed by atoms with Crippen molar-refractivity contribution in [3.05, 3.63) is 77.5 Å². The molecule has 1 saturated heterocycles. The number of urea groups is 1. The number of aromatic nitrogens is 1. The van der Waals surface area contributed by atoms with Crippen molar-refractivity contribution in [1.82, 2.24) is 14.6 Å². The molecule has 0 radical (unpaired) electrons. The lowest BCUT2D eigenvalue weighted by Gasteiger charge is -2.17. The molecular formula is C26H26N4O2S. The molecule has 3 aromatic rings. The molecule has 1 saturated carbocycles. The van der Waals surface area contributed by atoms with Gasteiger partial charge in [0.25, 0.3) is 5.91 Å². The van der Waals surface area contributed by atoms with Gasteiger partial charge in [-0.05, 0) is 86.2 Å². The SMILES string of the molecule is Cc1ccc(SN2CCN(c3ccc(-c4cc(C(=O)NC5CC5)ccc4C)cn3)C2=O)cc1. The van der Waals surface area contributed by atoms with Crippen molar-refractivity contribution in [3.8, 4) is 11.1 Å². The van der Waals surface area contributed by atoms with Crippen LogP contribution in [0.2, 0.25) is 0 Å². The summed E-state index contributed by atoms with van der Waals surface area (Å²) in [5, 5.41) is 3.04. The first kappa shape index (κ1) is 21.5. The summed E-state index contributed by atoms with van der Waals surface area (Å²) in [5.41, 5.74) is 4.83. The maximum atomic E-state index is 12.9. The maximum absolute atomic E-state index is 12.9. The highest BCUT2D eigenvalue weighted by Crippen LogP contribution is 2.31. The number of benzene rings is 2. The Balaban J connectivity index is 1.30. The molecule has 2 aliphatic rings. The lowest BCUT2D eigenvalue weighted by Crippen LogP contribution is -2.28.